The highest BCUT2D eigenvalue weighted by Gasteiger charge is 2.30. The fraction of sp³-hybridized carbons (Fsp3) is 0.455. The molecule has 2 aromatic heterocycles. The number of sulfonamides is 1. The lowest BCUT2D eigenvalue weighted by molar-refractivity contribution is -0.122. The monoisotopic (exact) mass is 477 g/mol. The Morgan fingerprint density at radius 1 is 1.25 bits per heavy atom. The third-order valence-electron chi connectivity index (χ3n) is 5.91. The summed E-state index contributed by atoms with van der Waals surface area (Å²) >= 11 is 1.68. The molecule has 1 amide bonds. The van der Waals surface area contributed by atoms with Crippen molar-refractivity contribution in [2.24, 2.45) is 5.92 Å². The van der Waals surface area contributed by atoms with Gasteiger partial charge < -0.3 is 9.73 Å². The molecule has 0 unspecified atom stereocenters. The molecule has 1 aliphatic rings. The van der Waals surface area contributed by atoms with Crippen LogP contribution in [0, 0.1) is 5.92 Å². The van der Waals surface area contributed by atoms with E-state index in [0.717, 1.165) is 6.42 Å². The predicted octanol–water partition coefficient (Wildman–Crippen LogP) is 2.83. The van der Waals surface area contributed by atoms with E-state index in [2.05, 4.69) is 11.4 Å². The maximum absolute atomic E-state index is 13.1. The maximum atomic E-state index is 13.1. The number of oxazole rings is 1. The van der Waals surface area contributed by atoms with E-state index in [-0.39, 0.29) is 22.3 Å². The number of carbonyl (C=O) groups is 1. The van der Waals surface area contributed by atoms with Gasteiger partial charge in [0.2, 0.25) is 15.9 Å². The highest BCUT2D eigenvalue weighted by Crippen LogP contribution is 2.27. The van der Waals surface area contributed by atoms with Crippen molar-refractivity contribution in [1.82, 2.24) is 14.2 Å². The van der Waals surface area contributed by atoms with Gasteiger partial charge in [-0.1, -0.05) is 6.07 Å². The minimum Gasteiger partial charge on any atom is -0.408 e. The molecule has 10 heteroatoms. The topological polar surface area (TPSA) is 102 Å². The lowest BCUT2D eigenvalue weighted by Gasteiger charge is -2.31. The van der Waals surface area contributed by atoms with Crippen LogP contribution in [0.2, 0.25) is 0 Å². The number of benzene rings is 1. The van der Waals surface area contributed by atoms with Crippen LogP contribution < -0.4 is 11.1 Å². The van der Waals surface area contributed by atoms with E-state index in [1.807, 2.05) is 18.4 Å². The molecule has 32 heavy (non-hydrogen) atoms. The van der Waals surface area contributed by atoms with Crippen molar-refractivity contribution in [3.63, 3.8) is 0 Å². The largest absolute Gasteiger partial charge is 0.419 e. The summed E-state index contributed by atoms with van der Waals surface area (Å²) in [6.45, 7) is 3.63. The van der Waals surface area contributed by atoms with Crippen LogP contribution in [0.15, 0.2) is 49.8 Å². The second-order valence-corrected chi connectivity index (χ2v) is 10.9. The Kier molecular flexibility index (Phi) is 6.82. The van der Waals surface area contributed by atoms with Crippen molar-refractivity contribution >= 4 is 38.4 Å². The fourth-order valence-electron chi connectivity index (χ4n) is 4.12. The number of aryl methyl sites for hydroxylation is 1. The van der Waals surface area contributed by atoms with Crippen LogP contribution in [0.25, 0.3) is 11.1 Å². The molecule has 3 aromatic rings. The molecule has 4 rings (SSSR count). The van der Waals surface area contributed by atoms with Crippen molar-refractivity contribution < 1.29 is 17.6 Å². The van der Waals surface area contributed by atoms with Crippen LogP contribution in [-0.4, -0.2) is 42.8 Å². The third kappa shape index (κ3) is 4.82. The van der Waals surface area contributed by atoms with E-state index in [1.54, 1.807) is 17.4 Å². The van der Waals surface area contributed by atoms with Crippen molar-refractivity contribution in [1.29, 1.82) is 0 Å². The van der Waals surface area contributed by atoms with Gasteiger partial charge in [-0.05, 0) is 55.7 Å². The van der Waals surface area contributed by atoms with Gasteiger partial charge in [-0.2, -0.15) is 4.31 Å². The van der Waals surface area contributed by atoms with Gasteiger partial charge >= 0.3 is 5.76 Å². The van der Waals surface area contributed by atoms with Crippen LogP contribution >= 0.6 is 11.3 Å². The van der Waals surface area contributed by atoms with Crippen LogP contribution in [-0.2, 0) is 27.8 Å². The van der Waals surface area contributed by atoms with Crippen LogP contribution in [0.4, 0.5) is 0 Å². The predicted molar refractivity (Wildman–Crippen MR) is 123 cm³/mol. The second-order valence-electron chi connectivity index (χ2n) is 7.97. The lowest BCUT2D eigenvalue weighted by atomic mass is 9.94. The Balaban J connectivity index is 1.32. The van der Waals surface area contributed by atoms with E-state index in [0.29, 0.717) is 51.0 Å². The van der Waals surface area contributed by atoms with Gasteiger partial charge in [0.05, 0.1) is 10.4 Å². The molecule has 3 heterocycles. The number of rotatable bonds is 8. The Labute approximate surface area is 190 Å². The minimum atomic E-state index is -3.69. The normalized spacial score (nSPS) is 15.9. The van der Waals surface area contributed by atoms with Crippen molar-refractivity contribution in [3.8, 4) is 0 Å². The Bertz CT molecular complexity index is 1240. The Hall–Kier alpha value is -2.43. The molecule has 172 valence electrons. The summed E-state index contributed by atoms with van der Waals surface area (Å²) in [5.74, 6) is -0.308. The van der Waals surface area contributed by atoms with Gasteiger partial charge in [0.25, 0.3) is 0 Å². The molecule has 1 fully saturated rings. The number of piperidine rings is 1. The zero-order valence-corrected chi connectivity index (χ0v) is 19.6. The van der Waals surface area contributed by atoms with E-state index in [4.69, 9.17) is 4.42 Å². The molecular formula is C22H27N3O5S2. The van der Waals surface area contributed by atoms with Gasteiger partial charge in [-0.25, -0.2) is 13.2 Å². The zero-order chi connectivity index (χ0) is 22.7. The number of carbonyl (C=O) groups excluding carboxylic acids is 1. The third-order valence-corrected chi connectivity index (χ3v) is 8.75. The van der Waals surface area contributed by atoms with E-state index in [1.165, 1.54) is 25.9 Å². The lowest BCUT2D eigenvalue weighted by Crippen LogP contribution is -2.39. The first kappa shape index (κ1) is 22.8. The van der Waals surface area contributed by atoms with Crippen molar-refractivity contribution in [3.05, 3.63) is 51.1 Å². The van der Waals surface area contributed by atoms with E-state index in [9.17, 15) is 18.0 Å². The summed E-state index contributed by atoms with van der Waals surface area (Å²) in [6, 6.07) is 8.61. The number of hydrogen-bond donors (Lipinski definition) is 1. The highest BCUT2D eigenvalue weighted by molar-refractivity contribution is 7.89. The Morgan fingerprint density at radius 2 is 2.03 bits per heavy atom. The number of hydrogen-bond acceptors (Lipinski definition) is 6. The van der Waals surface area contributed by atoms with Gasteiger partial charge in [-0.3, -0.25) is 9.36 Å². The molecule has 1 aliphatic heterocycles. The van der Waals surface area contributed by atoms with Crippen molar-refractivity contribution in [2.75, 3.05) is 19.6 Å². The zero-order valence-electron chi connectivity index (χ0n) is 18.0. The molecule has 8 nitrogen and oxygen atoms in total. The smallest absolute Gasteiger partial charge is 0.408 e. The molecule has 0 spiro atoms. The average Bonchev–Trinajstić information content (AvgIpc) is 3.40. The minimum absolute atomic E-state index is 0.0174. The average molecular weight is 478 g/mol. The van der Waals surface area contributed by atoms with Crippen molar-refractivity contribution in [2.45, 2.75) is 44.0 Å². The summed E-state index contributed by atoms with van der Waals surface area (Å²) in [6.07, 6.45) is 2.52. The van der Waals surface area contributed by atoms with Crippen LogP contribution in [0.3, 0.4) is 0 Å². The van der Waals surface area contributed by atoms with Gasteiger partial charge in [0, 0.05) is 43.5 Å². The first-order valence-electron chi connectivity index (χ1n) is 10.8. The van der Waals surface area contributed by atoms with Gasteiger partial charge in [0.15, 0.2) is 5.58 Å². The van der Waals surface area contributed by atoms with Gasteiger partial charge in [0.1, 0.15) is 0 Å². The first-order chi connectivity index (χ1) is 15.4. The number of nitrogens with zero attached hydrogens (tertiary/aromatic N) is 2. The SMILES string of the molecule is CCn1c(=O)oc2cc(S(=O)(=O)N3CCC(CC(=O)NCCc4cccs4)CC3)ccc21. The molecule has 0 saturated carbocycles. The standard InChI is InChI=1S/C22H27N3O5S2/c1-2-25-19-6-5-18(15-20(19)30-22(25)27)32(28,29)24-11-8-16(9-12-24)14-21(26)23-10-7-17-4-3-13-31-17/h3-6,13,15-16H,2,7-12,14H2,1H3,(H,23,26). The molecule has 1 aromatic carbocycles. The number of amides is 1. The first-order valence-corrected chi connectivity index (χ1v) is 13.1. The number of thiophene rings is 1. The molecule has 0 bridgehead atoms. The second kappa shape index (κ2) is 9.60. The summed E-state index contributed by atoms with van der Waals surface area (Å²) in [5, 5.41) is 4.98. The van der Waals surface area contributed by atoms with E-state index < -0.39 is 15.8 Å². The quantitative estimate of drug-likeness (QED) is 0.538. The summed E-state index contributed by atoms with van der Waals surface area (Å²) < 4.78 is 34.3. The van der Waals surface area contributed by atoms with Crippen LogP contribution in [0.5, 0.6) is 0 Å². The van der Waals surface area contributed by atoms with Gasteiger partial charge in [-0.15, -0.1) is 11.3 Å². The molecule has 1 N–H and O–H groups in total. The molecule has 0 aliphatic carbocycles. The number of fused-ring (bicyclic) bond motifs is 1. The fourth-order valence-corrected chi connectivity index (χ4v) is 6.32. The number of aromatic nitrogens is 1. The highest BCUT2D eigenvalue weighted by atomic mass is 32.2. The Morgan fingerprint density at radius 3 is 2.72 bits per heavy atom. The summed E-state index contributed by atoms with van der Waals surface area (Å²) in [4.78, 5) is 25.5. The van der Waals surface area contributed by atoms with Crippen LogP contribution in [0.1, 0.15) is 31.1 Å². The number of nitrogens with one attached hydrogen (secondary N) is 1. The summed E-state index contributed by atoms with van der Waals surface area (Å²) in [7, 11) is -3.69. The summed E-state index contributed by atoms with van der Waals surface area (Å²) in [5.41, 5.74) is 0.854. The maximum Gasteiger partial charge on any atom is 0.419 e. The molecule has 1 saturated heterocycles. The molecule has 0 radical (unpaired) electrons. The van der Waals surface area contributed by atoms with E-state index >= 15 is 0 Å². The molecular weight excluding hydrogens is 450 g/mol. The molecule has 0 atom stereocenters.